The number of piperidine rings is 1. The molecule has 4 rings (SSSR count). The zero-order valence-corrected chi connectivity index (χ0v) is 18.7. The maximum atomic E-state index is 12.3. The molecular weight excluding hydrogens is 402 g/mol. The fraction of sp³-hybridized carbons (Fsp3) is 0.385. The van der Waals surface area contributed by atoms with E-state index in [0.717, 1.165) is 48.8 Å². The lowest BCUT2D eigenvalue weighted by molar-refractivity contribution is -0.144. The fourth-order valence-corrected chi connectivity index (χ4v) is 4.59. The van der Waals surface area contributed by atoms with Crippen LogP contribution in [0.15, 0.2) is 54.7 Å². The van der Waals surface area contributed by atoms with Crippen LogP contribution in [0.3, 0.4) is 0 Å². The van der Waals surface area contributed by atoms with Gasteiger partial charge in [-0.2, -0.15) is 0 Å². The second kappa shape index (κ2) is 9.57. The van der Waals surface area contributed by atoms with Gasteiger partial charge >= 0.3 is 5.97 Å². The number of likely N-dealkylation sites (tertiary alicyclic amines) is 1. The second-order valence-corrected chi connectivity index (χ2v) is 9.06. The summed E-state index contributed by atoms with van der Waals surface area (Å²) in [6.07, 6.45) is 4.83. The van der Waals surface area contributed by atoms with Crippen molar-refractivity contribution < 1.29 is 14.7 Å². The van der Waals surface area contributed by atoms with E-state index in [4.69, 9.17) is 0 Å². The van der Waals surface area contributed by atoms with Crippen molar-refractivity contribution in [3.63, 3.8) is 0 Å². The molecule has 32 heavy (non-hydrogen) atoms. The Balaban J connectivity index is 1.48. The maximum absolute atomic E-state index is 12.3. The molecule has 3 aromatic rings. The molecule has 6 heteroatoms. The average molecular weight is 434 g/mol. The van der Waals surface area contributed by atoms with Crippen molar-refractivity contribution in [3.8, 4) is 0 Å². The highest BCUT2D eigenvalue weighted by Gasteiger charge is 2.32. The third-order valence-corrected chi connectivity index (χ3v) is 6.42. The molecule has 1 saturated heterocycles. The Labute approximate surface area is 188 Å². The third kappa shape index (κ3) is 4.86. The molecule has 1 aromatic heterocycles. The number of rotatable bonds is 7. The lowest BCUT2D eigenvalue weighted by atomic mass is 9.89. The van der Waals surface area contributed by atoms with Crippen LogP contribution in [-0.2, 0) is 16.0 Å². The van der Waals surface area contributed by atoms with Crippen molar-refractivity contribution in [1.29, 1.82) is 0 Å². The molecule has 1 fully saturated rings. The third-order valence-electron chi connectivity index (χ3n) is 6.42. The summed E-state index contributed by atoms with van der Waals surface area (Å²) in [6, 6.07) is 15.4. The van der Waals surface area contributed by atoms with Crippen LogP contribution in [0.1, 0.15) is 43.9 Å². The minimum Gasteiger partial charge on any atom is -0.480 e. The van der Waals surface area contributed by atoms with Crippen molar-refractivity contribution in [3.05, 3.63) is 65.9 Å². The number of aromatic amines is 1. The van der Waals surface area contributed by atoms with E-state index in [9.17, 15) is 14.7 Å². The number of H-pyrrole nitrogens is 1. The Morgan fingerprint density at radius 2 is 1.84 bits per heavy atom. The minimum absolute atomic E-state index is 0.0436. The molecule has 0 saturated carbocycles. The number of amides is 1. The van der Waals surface area contributed by atoms with Gasteiger partial charge in [0.05, 0.1) is 0 Å². The molecule has 1 amide bonds. The molecule has 1 aliphatic rings. The van der Waals surface area contributed by atoms with E-state index in [0.29, 0.717) is 11.6 Å². The number of fused-ring (bicyclic) bond motifs is 1. The lowest BCUT2D eigenvalue weighted by Gasteiger charge is -2.35. The normalized spacial score (nSPS) is 16.3. The summed E-state index contributed by atoms with van der Waals surface area (Å²) < 4.78 is 0. The summed E-state index contributed by atoms with van der Waals surface area (Å²) in [4.78, 5) is 29.6. The Hall–Kier alpha value is -3.12. The van der Waals surface area contributed by atoms with Crippen molar-refractivity contribution in [1.82, 2.24) is 9.88 Å². The van der Waals surface area contributed by atoms with Crippen LogP contribution < -0.4 is 5.32 Å². The highest BCUT2D eigenvalue weighted by atomic mass is 16.4. The number of aliphatic carboxylic acids is 1. The SMILES string of the molecule is CC(C)C(=O)Nc1ccc2c(C(C(=O)O)N3CCC(Cc4ccccc4)CC3)c[nH]c2c1. The predicted molar refractivity (Wildman–Crippen MR) is 127 cm³/mol. The molecular formula is C26H31N3O3. The fourth-order valence-electron chi connectivity index (χ4n) is 4.59. The number of aromatic nitrogens is 1. The number of benzene rings is 2. The van der Waals surface area contributed by atoms with E-state index < -0.39 is 12.0 Å². The molecule has 1 aliphatic heterocycles. The van der Waals surface area contributed by atoms with Gasteiger partial charge in [-0.3, -0.25) is 14.5 Å². The Bertz CT molecular complexity index is 1080. The van der Waals surface area contributed by atoms with Gasteiger partial charge in [0, 0.05) is 34.3 Å². The van der Waals surface area contributed by atoms with Crippen molar-refractivity contribution in [2.24, 2.45) is 11.8 Å². The molecule has 0 aliphatic carbocycles. The van der Waals surface area contributed by atoms with Gasteiger partial charge in [-0.1, -0.05) is 50.2 Å². The average Bonchev–Trinajstić information content (AvgIpc) is 3.18. The predicted octanol–water partition coefficient (Wildman–Crippen LogP) is 4.84. The molecule has 168 valence electrons. The molecule has 1 unspecified atom stereocenters. The van der Waals surface area contributed by atoms with Gasteiger partial charge in [-0.25, -0.2) is 0 Å². The van der Waals surface area contributed by atoms with Crippen LogP contribution in [0.25, 0.3) is 10.9 Å². The lowest BCUT2D eigenvalue weighted by Crippen LogP contribution is -2.40. The van der Waals surface area contributed by atoms with E-state index >= 15 is 0 Å². The van der Waals surface area contributed by atoms with E-state index in [1.807, 2.05) is 38.1 Å². The number of carboxylic acids is 1. The van der Waals surface area contributed by atoms with Gasteiger partial charge in [0.1, 0.15) is 6.04 Å². The summed E-state index contributed by atoms with van der Waals surface area (Å²) in [6.45, 7) is 5.23. The first kappa shape index (κ1) is 22.1. The summed E-state index contributed by atoms with van der Waals surface area (Å²) in [5.41, 5.74) is 3.65. The smallest absolute Gasteiger partial charge is 0.325 e. The standard InChI is InChI=1S/C26H31N3O3/c1-17(2)25(30)28-20-8-9-21-22(16-27-23(21)15-20)24(26(31)32)29-12-10-19(11-13-29)14-18-6-4-3-5-7-18/h3-9,15-17,19,24,27H,10-14H2,1-2H3,(H,28,30)(H,31,32). The van der Waals surface area contributed by atoms with Crippen LogP contribution in [0.4, 0.5) is 5.69 Å². The van der Waals surface area contributed by atoms with Crippen LogP contribution >= 0.6 is 0 Å². The largest absolute Gasteiger partial charge is 0.480 e. The number of carbonyl (C=O) groups excluding carboxylic acids is 1. The van der Waals surface area contributed by atoms with Crippen LogP contribution in [-0.4, -0.2) is 40.0 Å². The number of anilines is 1. The summed E-state index contributed by atoms with van der Waals surface area (Å²) in [5.74, 6) is -0.396. The van der Waals surface area contributed by atoms with Crippen molar-refractivity contribution in [2.45, 2.75) is 39.2 Å². The zero-order chi connectivity index (χ0) is 22.7. The molecule has 2 aromatic carbocycles. The number of nitrogens with zero attached hydrogens (tertiary/aromatic N) is 1. The molecule has 0 radical (unpaired) electrons. The molecule has 0 spiro atoms. The maximum Gasteiger partial charge on any atom is 0.325 e. The van der Waals surface area contributed by atoms with Crippen molar-refractivity contribution in [2.75, 3.05) is 18.4 Å². The van der Waals surface area contributed by atoms with Gasteiger partial charge in [0.25, 0.3) is 0 Å². The van der Waals surface area contributed by atoms with Crippen LogP contribution in [0, 0.1) is 11.8 Å². The second-order valence-electron chi connectivity index (χ2n) is 9.06. The van der Waals surface area contributed by atoms with E-state index in [1.165, 1.54) is 5.56 Å². The molecule has 6 nitrogen and oxygen atoms in total. The van der Waals surface area contributed by atoms with Gasteiger partial charge < -0.3 is 15.4 Å². The van der Waals surface area contributed by atoms with Crippen molar-refractivity contribution >= 4 is 28.5 Å². The highest BCUT2D eigenvalue weighted by molar-refractivity contribution is 5.96. The summed E-state index contributed by atoms with van der Waals surface area (Å²) in [7, 11) is 0. The van der Waals surface area contributed by atoms with Gasteiger partial charge in [-0.15, -0.1) is 0 Å². The first-order chi connectivity index (χ1) is 15.4. The Kier molecular flexibility index (Phi) is 6.61. The van der Waals surface area contributed by atoms with Gasteiger partial charge in [0.2, 0.25) is 5.91 Å². The number of hydrogen-bond acceptors (Lipinski definition) is 3. The first-order valence-electron chi connectivity index (χ1n) is 11.3. The van der Waals surface area contributed by atoms with E-state index in [1.54, 1.807) is 6.20 Å². The number of carboxylic acid groups (broad SMARTS) is 1. The quantitative estimate of drug-likeness (QED) is 0.498. The zero-order valence-electron chi connectivity index (χ0n) is 18.7. The van der Waals surface area contributed by atoms with E-state index in [-0.39, 0.29) is 11.8 Å². The number of nitrogens with one attached hydrogen (secondary N) is 2. The van der Waals surface area contributed by atoms with Crippen LogP contribution in [0.2, 0.25) is 0 Å². The highest BCUT2D eigenvalue weighted by Crippen LogP contribution is 2.33. The number of carbonyl (C=O) groups is 2. The molecule has 3 N–H and O–H groups in total. The summed E-state index contributed by atoms with van der Waals surface area (Å²) >= 11 is 0. The van der Waals surface area contributed by atoms with Gasteiger partial charge in [-0.05, 0) is 56.0 Å². The monoisotopic (exact) mass is 433 g/mol. The molecule has 0 bridgehead atoms. The molecule has 2 heterocycles. The van der Waals surface area contributed by atoms with E-state index in [2.05, 4.69) is 39.5 Å². The Morgan fingerprint density at radius 3 is 2.50 bits per heavy atom. The Morgan fingerprint density at radius 1 is 1.12 bits per heavy atom. The topological polar surface area (TPSA) is 85.4 Å². The first-order valence-corrected chi connectivity index (χ1v) is 11.3. The van der Waals surface area contributed by atoms with Gasteiger partial charge in [0.15, 0.2) is 0 Å². The van der Waals surface area contributed by atoms with Crippen LogP contribution in [0.5, 0.6) is 0 Å². The number of hydrogen-bond donors (Lipinski definition) is 3. The minimum atomic E-state index is -0.829. The summed E-state index contributed by atoms with van der Waals surface area (Å²) in [5, 5.41) is 13.9. The molecule has 1 atom stereocenters.